The van der Waals surface area contributed by atoms with Crippen molar-refractivity contribution in [2.45, 2.75) is 165 Å². The zero-order valence-corrected chi connectivity index (χ0v) is 49.9. The SMILES string of the molecule is CSCC[C@H](NC(=O)[C@H](CO)NC(=O)[C@H](CCCNC(=N)N)NC(=O)[C@H](C)N)C(=O)N[C@H](C(=O)N[C@@H](CC(=O)O)C(=O)N[C@@H](CCCCN)C(=O)N[C@@H](Cc1ccc(O)cc1)C(=O)N[C@@H](CCCNC(=N)N)C(=O)N[C@@H](CC(C)C)C(N)=O)[C@@H](C)O. The van der Waals surface area contributed by atoms with Gasteiger partial charge in [0.15, 0.2) is 11.9 Å². The van der Waals surface area contributed by atoms with Gasteiger partial charge in [-0.3, -0.25) is 63.6 Å². The minimum Gasteiger partial charge on any atom is -0.508 e. The number of thioether (sulfide) groups is 1. The number of hydrogen-bond acceptors (Lipinski definition) is 19. The maximum Gasteiger partial charge on any atom is 0.305 e. The summed E-state index contributed by atoms with van der Waals surface area (Å²) in [4.78, 5) is 149. The average Bonchev–Trinajstić information content (AvgIpc) is 3.54. The fraction of sp³-hybridized carbons (Fsp3) is 0.635. The van der Waals surface area contributed by atoms with E-state index >= 15 is 0 Å². The Labute approximate surface area is 502 Å². The summed E-state index contributed by atoms with van der Waals surface area (Å²) in [6, 6.07) is -9.58. The third-order valence-corrected chi connectivity index (χ3v) is 13.4. The molecule has 33 nitrogen and oxygen atoms in total. The number of aliphatic hydroxyl groups excluding tert-OH is 2. The fourth-order valence-corrected chi connectivity index (χ4v) is 8.56. The molecule has 0 fully saturated rings. The van der Waals surface area contributed by atoms with E-state index in [1.54, 1.807) is 20.1 Å². The third kappa shape index (κ3) is 30.1. The van der Waals surface area contributed by atoms with Crippen molar-refractivity contribution in [3.8, 4) is 5.75 Å². The van der Waals surface area contributed by atoms with Crippen LogP contribution in [0.3, 0.4) is 0 Å². The molecule has 0 spiro atoms. The second kappa shape index (κ2) is 40.3. The van der Waals surface area contributed by atoms with Gasteiger partial charge in [0.05, 0.1) is 25.2 Å². The van der Waals surface area contributed by atoms with Gasteiger partial charge >= 0.3 is 5.97 Å². The van der Waals surface area contributed by atoms with Crippen LogP contribution in [0, 0.1) is 16.7 Å². The number of carbonyl (C=O) groups is 11. The summed E-state index contributed by atoms with van der Waals surface area (Å²) in [7, 11) is 0. The van der Waals surface area contributed by atoms with Crippen molar-refractivity contribution in [2.75, 3.05) is 38.2 Å². The minimum absolute atomic E-state index is 0.0351. The zero-order valence-electron chi connectivity index (χ0n) is 49.1. The van der Waals surface area contributed by atoms with Crippen LogP contribution in [-0.2, 0) is 59.2 Å². The molecule has 11 atom stereocenters. The number of phenolic OH excluding ortho intramolecular Hbond substituents is 1. The molecular formula is C52H90N18O15S. The van der Waals surface area contributed by atoms with Crippen LogP contribution in [0.1, 0.15) is 97.5 Å². The molecule has 0 aliphatic carbocycles. The van der Waals surface area contributed by atoms with Crippen LogP contribution >= 0.6 is 11.8 Å². The lowest BCUT2D eigenvalue weighted by Crippen LogP contribution is -2.62. The molecule has 34 heteroatoms. The average molecular weight is 1240 g/mol. The predicted molar refractivity (Wildman–Crippen MR) is 317 cm³/mol. The molecular weight excluding hydrogens is 1150 g/mol. The molecule has 0 radical (unpaired) electrons. The fourth-order valence-electron chi connectivity index (χ4n) is 8.09. The molecule has 1 aromatic rings. The van der Waals surface area contributed by atoms with Crippen LogP contribution in [0.15, 0.2) is 24.3 Å². The standard InChI is InChI=1S/C52H90N18O15S/c1-26(2)22-35(41(55)76)66-43(78)33(12-9-20-61-52(58)59)64-47(82)36(23-29-13-15-30(73)16-14-29)67-44(79)31(10-6-7-18-53)63-48(83)37(24-39(74)75)68-50(85)40(28(4)72)70-46(81)34(17-21-86-5)65-49(84)38(25-71)69-45(80)32(62-42(77)27(3)54)11-8-19-60-51(56)57/h13-16,26-28,31-38,40,71-73H,6-12,17-25,53-54H2,1-5H3,(H2,55,76)(H,62,77)(H,63,83)(H,64,82)(H,65,84)(H,66,78)(H,67,79)(H,68,85)(H,69,80)(H,70,81)(H,74,75)(H4,56,57,60)(H4,58,59,61)/t27-,28+,31-,32-,33-,34-,35-,36-,37-,38-,40-/m0/s1. The number of amides is 10. The number of aromatic hydroxyl groups is 1. The number of primary amides is 1. The Kier molecular flexibility index (Phi) is 35.6. The first-order chi connectivity index (χ1) is 40.4. The number of aliphatic carboxylic acids is 1. The summed E-state index contributed by atoms with van der Waals surface area (Å²) in [5.41, 5.74) is 28.1. The van der Waals surface area contributed by atoms with Crippen molar-refractivity contribution < 1.29 is 73.2 Å². The predicted octanol–water partition coefficient (Wildman–Crippen LogP) is -6.57. The summed E-state index contributed by atoms with van der Waals surface area (Å²) in [5, 5.41) is 82.7. The van der Waals surface area contributed by atoms with E-state index in [0.29, 0.717) is 12.0 Å². The largest absolute Gasteiger partial charge is 0.508 e. The number of phenols is 1. The molecule has 10 amide bonds. The normalized spacial score (nSPS) is 14.9. The number of benzene rings is 1. The summed E-state index contributed by atoms with van der Waals surface area (Å²) >= 11 is 1.24. The van der Waals surface area contributed by atoms with Crippen LogP contribution in [0.2, 0.25) is 0 Å². The highest BCUT2D eigenvalue weighted by molar-refractivity contribution is 7.98. The van der Waals surface area contributed by atoms with E-state index < -0.39 is 145 Å². The van der Waals surface area contributed by atoms with Crippen LogP contribution in [-0.4, -0.2) is 202 Å². The van der Waals surface area contributed by atoms with E-state index in [1.807, 2.05) is 0 Å². The van der Waals surface area contributed by atoms with Gasteiger partial charge in [-0.05, 0) is 114 Å². The molecule has 27 N–H and O–H groups in total. The van der Waals surface area contributed by atoms with Crippen molar-refractivity contribution in [1.82, 2.24) is 58.5 Å². The maximum atomic E-state index is 14.4. The lowest BCUT2D eigenvalue weighted by atomic mass is 10.0. The smallest absolute Gasteiger partial charge is 0.305 e. The number of nitrogens with two attached hydrogens (primary N) is 5. The van der Waals surface area contributed by atoms with Gasteiger partial charge < -0.3 is 108 Å². The number of carboxylic acids is 1. The van der Waals surface area contributed by atoms with E-state index in [0.717, 1.165) is 6.92 Å². The second-order valence-electron chi connectivity index (χ2n) is 20.7. The summed E-state index contributed by atoms with van der Waals surface area (Å²) in [6.45, 7) is 5.39. The monoisotopic (exact) mass is 1240 g/mol. The van der Waals surface area contributed by atoms with Gasteiger partial charge in [-0.1, -0.05) is 26.0 Å². The molecule has 484 valence electrons. The highest BCUT2D eigenvalue weighted by atomic mass is 32.2. The van der Waals surface area contributed by atoms with Gasteiger partial charge in [-0.15, -0.1) is 0 Å². The van der Waals surface area contributed by atoms with E-state index in [4.69, 9.17) is 39.5 Å². The molecule has 0 heterocycles. The number of aliphatic hydroxyl groups is 2. The molecule has 0 saturated heterocycles. The van der Waals surface area contributed by atoms with Gasteiger partial charge in [0.2, 0.25) is 59.1 Å². The number of guanidine groups is 2. The summed E-state index contributed by atoms with van der Waals surface area (Å²) in [6.07, 6.45) is -0.896. The summed E-state index contributed by atoms with van der Waals surface area (Å²) in [5.74, 6) is -12.3. The maximum absolute atomic E-state index is 14.4. The molecule has 1 aromatic carbocycles. The Balaban J connectivity index is 3.58. The van der Waals surface area contributed by atoms with E-state index in [-0.39, 0.29) is 107 Å². The highest BCUT2D eigenvalue weighted by Gasteiger charge is 2.37. The van der Waals surface area contributed by atoms with Crippen molar-refractivity contribution in [3.63, 3.8) is 0 Å². The Hall–Kier alpha value is -8.08. The Morgan fingerprint density at radius 3 is 1.38 bits per heavy atom. The number of hydrogen-bond donors (Lipinski definition) is 22. The first kappa shape index (κ1) is 75.9. The molecule has 86 heavy (non-hydrogen) atoms. The highest BCUT2D eigenvalue weighted by Crippen LogP contribution is 2.14. The lowest BCUT2D eigenvalue weighted by Gasteiger charge is -2.28. The van der Waals surface area contributed by atoms with Crippen molar-refractivity contribution in [3.05, 3.63) is 29.8 Å². The second-order valence-corrected chi connectivity index (χ2v) is 21.7. The van der Waals surface area contributed by atoms with Crippen molar-refractivity contribution in [1.29, 1.82) is 10.8 Å². The van der Waals surface area contributed by atoms with Crippen LogP contribution < -0.4 is 87.2 Å². The van der Waals surface area contributed by atoms with Crippen molar-refractivity contribution >= 4 is 88.7 Å². The zero-order chi connectivity index (χ0) is 65.2. The van der Waals surface area contributed by atoms with E-state index in [9.17, 15) is 73.2 Å². The molecule has 0 unspecified atom stereocenters. The topological polar surface area (TPSA) is 579 Å². The number of unbranched alkanes of at least 4 members (excludes halogenated alkanes) is 1. The molecule has 1 rings (SSSR count). The quantitative estimate of drug-likeness (QED) is 0.0164. The molecule has 0 aromatic heterocycles. The number of rotatable bonds is 42. The Bertz CT molecular complexity index is 2440. The first-order valence-corrected chi connectivity index (χ1v) is 29.3. The number of carbonyl (C=O) groups excluding carboxylic acids is 10. The summed E-state index contributed by atoms with van der Waals surface area (Å²) < 4.78 is 0. The van der Waals surface area contributed by atoms with Crippen LogP contribution in [0.5, 0.6) is 5.75 Å². The van der Waals surface area contributed by atoms with Gasteiger partial charge in [-0.2, -0.15) is 11.8 Å². The van der Waals surface area contributed by atoms with Gasteiger partial charge in [0.25, 0.3) is 0 Å². The number of nitrogens with one attached hydrogen (secondary N) is 13. The lowest BCUT2D eigenvalue weighted by molar-refractivity contribution is -0.142. The van der Waals surface area contributed by atoms with E-state index in [1.165, 1.54) is 43.0 Å². The number of carboxylic acid groups (broad SMARTS) is 1. The van der Waals surface area contributed by atoms with Gasteiger partial charge in [0.1, 0.15) is 60.1 Å². The molecule has 0 saturated carbocycles. The molecule has 0 bridgehead atoms. The van der Waals surface area contributed by atoms with Gasteiger partial charge in [-0.25, -0.2) is 0 Å². The van der Waals surface area contributed by atoms with Crippen LogP contribution in [0.4, 0.5) is 0 Å². The van der Waals surface area contributed by atoms with Crippen LogP contribution in [0.25, 0.3) is 0 Å². The minimum atomic E-state index is -2.01. The Morgan fingerprint density at radius 2 is 0.953 bits per heavy atom. The van der Waals surface area contributed by atoms with Gasteiger partial charge in [0, 0.05) is 19.5 Å². The first-order valence-electron chi connectivity index (χ1n) is 27.9. The van der Waals surface area contributed by atoms with E-state index in [2.05, 4.69) is 58.5 Å². The third-order valence-electron chi connectivity index (χ3n) is 12.7. The van der Waals surface area contributed by atoms with Crippen molar-refractivity contribution in [2.24, 2.45) is 34.6 Å². The Morgan fingerprint density at radius 1 is 0.547 bits per heavy atom. The molecule has 0 aliphatic heterocycles. The molecule has 0 aliphatic rings.